The lowest BCUT2D eigenvalue weighted by Gasteiger charge is -2.26. The summed E-state index contributed by atoms with van der Waals surface area (Å²) in [5.41, 5.74) is 0.865. The van der Waals surface area contributed by atoms with Crippen molar-refractivity contribution in [2.45, 2.75) is 45.7 Å². The van der Waals surface area contributed by atoms with Gasteiger partial charge in [0.15, 0.2) is 17.3 Å². The van der Waals surface area contributed by atoms with E-state index in [1.807, 2.05) is 91.0 Å². The van der Waals surface area contributed by atoms with Crippen molar-refractivity contribution in [3.05, 3.63) is 148 Å². The van der Waals surface area contributed by atoms with Gasteiger partial charge in [0.05, 0.1) is 0 Å². The van der Waals surface area contributed by atoms with Gasteiger partial charge in [-0.3, -0.25) is 4.79 Å². The lowest BCUT2D eigenvalue weighted by molar-refractivity contribution is -0.154. The van der Waals surface area contributed by atoms with E-state index in [2.05, 4.69) is 0 Å². The predicted molar refractivity (Wildman–Crippen MR) is 189 cm³/mol. The van der Waals surface area contributed by atoms with E-state index in [1.54, 1.807) is 25.1 Å². The van der Waals surface area contributed by atoms with Gasteiger partial charge >= 0.3 is 5.97 Å². The molecule has 6 rings (SSSR count). The number of fused-ring (bicyclic) bond motifs is 1. The van der Waals surface area contributed by atoms with E-state index < -0.39 is 17.0 Å². The van der Waals surface area contributed by atoms with Crippen LogP contribution in [0.15, 0.2) is 131 Å². The second kappa shape index (κ2) is 14.9. The normalized spacial score (nSPS) is 12.2. The Morgan fingerprint density at radius 1 is 0.720 bits per heavy atom. The lowest BCUT2D eigenvalue weighted by atomic mass is 10.0. The maximum atomic E-state index is 14.1. The van der Waals surface area contributed by atoms with E-state index in [4.69, 9.17) is 23.4 Å². The van der Waals surface area contributed by atoms with Crippen molar-refractivity contribution in [3.8, 4) is 40.1 Å². The number of phenols is 1. The molecule has 0 bridgehead atoms. The Hall–Kier alpha value is -6.22. The fraction of sp³-hybridized carbons (Fsp3) is 0.171. The standard InChI is InChI=1S/C41H36O9/c1-3-41(2,40(44)45)50-34-21-30(19-20-33(34)47-25-28-15-9-5-10-16-28)38-39(48-26-29-17-11-6-12-18-29)37(43)36-32(42)22-31(23-35(36)49-38)46-24-27-13-7-4-8-14-27/h4-23,42H,3,24-26H2,1-2H3,(H,44,45). The van der Waals surface area contributed by atoms with Gasteiger partial charge in [0.2, 0.25) is 16.8 Å². The molecule has 9 nitrogen and oxygen atoms in total. The molecular weight excluding hydrogens is 636 g/mol. The molecule has 1 atom stereocenters. The zero-order valence-electron chi connectivity index (χ0n) is 27.6. The molecular formula is C41H36O9. The quantitative estimate of drug-likeness (QED) is 0.117. The topological polar surface area (TPSA) is 125 Å². The van der Waals surface area contributed by atoms with Gasteiger partial charge in [-0.15, -0.1) is 0 Å². The number of carboxylic acids is 1. The summed E-state index contributed by atoms with van der Waals surface area (Å²) in [6, 6.07) is 36.1. The Kier molecular flexibility index (Phi) is 10.0. The Labute approximate surface area is 288 Å². The van der Waals surface area contributed by atoms with Crippen LogP contribution in [0.1, 0.15) is 37.0 Å². The summed E-state index contributed by atoms with van der Waals surface area (Å²) in [4.78, 5) is 26.4. The van der Waals surface area contributed by atoms with Crippen molar-refractivity contribution >= 4 is 16.9 Å². The van der Waals surface area contributed by atoms with Crippen LogP contribution in [0.3, 0.4) is 0 Å². The summed E-state index contributed by atoms with van der Waals surface area (Å²) in [6.07, 6.45) is 0.159. The van der Waals surface area contributed by atoms with Crippen LogP contribution in [0.4, 0.5) is 0 Å². The Bertz CT molecular complexity index is 2150. The second-order valence-electron chi connectivity index (χ2n) is 11.9. The van der Waals surface area contributed by atoms with Crippen LogP contribution < -0.4 is 24.4 Å². The predicted octanol–water partition coefficient (Wildman–Crippen LogP) is 8.53. The van der Waals surface area contributed by atoms with Crippen LogP contribution in [-0.2, 0) is 24.6 Å². The molecule has 1 heterocycles. The fourth-order valence-corrected chi connectivity index (χ4v) is 5.23. The van der Waals surface area contributed by atoms with Crippen molar-refractivity contribution in [2.24, 2.45) is 0 Å². The number of carbonyl (C=O) groups is 1. The minimum absolute atomic E-state index is 0.0394. The third-order valence-corrected chi connectivity index (χ3v) is 8.29. The van der Waals surface area contributed by atoms with E-state index in [0.717, 1.165) is 16.7 Å². The molecule has 9 heteroatoms. The summed E-state index contributed by atoms with van der Waals surface area (Å²) in [5.74, 6) is -0.862. The first-order chi connectivity index (χ1) is 24.2. The number of carboxylic acid groups (broad SMARTS) is 1. The molecule has 0 saturated heterocycles. The number of aromatic hydroxyl groups is 1. The monoisotopic (exact) mass is 672 g/mol. The number of rotatable bonds is 14. The molecule has 6 aromatic rings. The lowest BCUT2D eigenvalue weighted by Crippen LogP contribution is -2.40. The molecule has 0 aliphatic heterocycles. The number of ether oxygens (including phenoxy) is 4. The number of aliphatic carboxylic acids is 1. The molecule has 254 valence electrons. The Morgan fingerprint density at radius 3 is 1.84 bits per heavy atom. The first kappa shape index (κ1) is 33.7. The van der Waals surface area contributed by atoms with Crippen molar-refractivity contribution in [2.75, 3.05) is 0 Å². The first-order valence-electron chi connectivity index (χ1n) is 16.1. The molecule has 5 aromatic carbocycles. The molecule has 1 aromatic heterocycles. The van der Waals surface area contributed by atoms with Crippen molar-refractivity contribution in [3.63, 3.8) is 0 Å². The third kappa shape index (κ3) is 7.57. The highest BCUT2D eigenvalue weighted by Crippen LogP contribution is 2.41. The molecule has 0 radical (unpaired) electrons. The van der Waals surface area contributed by atoms with Crippen LogP contribution in [0.5, 0.6) is 28.7 Å². The van der Waals surface area contributed by atoms with Gasteiger partial charge in [0.1, 0.15) is 42.3 Å². The van der Waals surface area contributed by atoms with E-state index in [9.17, 15) is 19.8 Å². The van der Waals surface area contributed by atoms with Gasteiger partial charge < -0.3 is 33.6 Å². The molecule has 0 amide bonds. The van der Waals surface area contributed by atoms with Crippen LogP contribution in [0.2, 0.25) is 0 Å². The van der Waals surface area contributed by atoms with Crippen molar-refractivity contribution in [1.82, 2.24) is 0 Å². The SMILES string of the molecule is CCC(C)(Oc1cc(-c2oc3cc(OCc4ccccc4)cc(O)c3c(=O)c2OCc2ccccc2)ccc1OCc1ccccc1)C(=O)O. The zero-order valence-corrected chi connectivity index (χ0v) is 27.6. The highest BCUT2D eigenvalue weighted by molar-refractivity contribution is 5.88. The molecule has 50 heavy (non-hydrogen) atoms. The summed E-state index contributed by atoms with van der Waals surface area (Å²) in [5, 5.41) is 21.0. The molecule has 0 aliphatic rings. The molecule has 1 unspecified atom stereocenters. The van der Waals surface area contributed by atoms with Gasteiger partial charge in [-0.2, -0.15) is 0 Å². The average Bonchev–Trinajstić information content (AvgIpc) is 3.14. The van der Waals surface area contributed by atoms with Crippen LogP contribution >= 0.6 is 0 Å². The largest absolute Gasteiger partial charge is 0.507 e. The highest BCUT2D eigenvalue weighted by Gasteiger charge is 2.35. The smallest absolute Gasteiger partial charge is 0.347 e. The van der Waals surface area contributed by atoms with Gasteiger partial charge in [0, 0.05) is 17.7 Å². The average molecular weight is 673 g/mol. The highest BCUT2D eigenvalue weighted by atomic mass is 16.6. The number of hydrogen-bond acceptors (Lipinski definition) is 8. The summed E-state index contributed by atoms with van der Waals surface area (Å²) < 4.78 is 30.7. The molecule has 0 saturated carbocycles. The Balaban J connectivity index is 1.46. The maximum absolute atomic E-state index is 14.1. The molecule has 0 spiro atoms. The van der Waals surface area contributed by atoms with E-state index in [1.165, 1.54) is 19.1 Å². The van der Waals surface area contributed by atoms with Crippen LogP contribution in [-0.4, -0.2) is 21.8 Å². The first-order valence-corrected chi connectivity index (χ1v) is 16.1. The summed E-state index contributed by atoms with van der Waals surface area (Å²) in [6.45, 7) is 3.66. The molecule has 2 N–H and O–H groups in total. The van der Waals surface area contributed by atoms with Crippen LogP contribution in [0, 0.1) is 0 Å². The van der Waals surface area contributed by atoms with E-state index >= 15 is 0 Å². The summed E-state index contributed by atoms with van der Waals surface area (Å²) >= 11 is 0. The van der Waals surface area contributed by atoms with Crippen molar-refractivity contribution < 1.29 is 38.4 Å². The second-order valence-corrected chi connectivity index (χ2v) is 11.9. The third-order valence-electron chi connectivity index (χ3n) is 8.29. The minimum atomic E-state index is -1.59. The maximum Gasteiger partial charge on any atom is 0.347 e. The number of phenolic OH excluding ortho intramolecular Hbond substituents is 1. The number of hydrogen-bond donors (Lipinski definition) is 2. The van der Waals surface area contributed by atoms with Gasteiger partial charge in [-0.05, 0) is 48.2 Å². The number of benzene rings is 5. The van der Waals surface area contributed by atoms with E-state index in [-0.39, 0.29) is 60.2 Å². The summed E-state index contributed by atoms with van der Waals surface area (Å²) in [7, 11) is 0. The fourth-order valence-electron chi connectivity index (χ4n) is 5.23. The Morgan fingerprint density at radius 2 is 1.28 bits per heavy atom. The van der Waals surface area contributed by atoms with Gasteiger partial charge in [-0.25, -0.2) is 4.79 Å². The van der Waals surface area contributed by atoms with Crippen molar-refractivity contribution in [1.29, 1.82) is 0 Å². The zero-order chi connectivity index (χ0) is 35.1. The van der Waals surface area contributed by atoms with Crippen LogP contribution in [0.25, 0.3) is 22.3 Å². The van der Waals surface area contributed by atoms with Gasteiger partial charge in [-0.1, -0.05) is 97.9 Å². The molecule has 0 aliphatic carbocycles. The minimum Gasteiger partial charge on any atom is -0.507 e. The van der Waals surface area contributed by atoms with E-state index in [0.29, 0.717) is 17.1 Å². The van der Waals surface area contributed by atoms with Gasteiger partial charge in [0.25, 0.3) is 0 Å². The molecule has 0 fully saturated rings.